The van der Waals surface area contributed by atoms with Crippen molar-refractivity contribution in [1.82, 2.24) is 0 Å². The molecule has 1 unspecified atom stereocenters. The molecule has 0 radical (unpaired) electrons. The molecule has 3 aromatic rings. The van der Waals surface area contributed by atoms with Crippen LogP contribution in [0.2, 0.25) is 0 Å². The second kappa shape index (κ2) is 7.59. The van der Waals surface area contributed by atoms with Gasteiger partial charge in [0.2, 0.25) is 0 Å². The Morgan fingerprint density at radius 2 is 1.25 bits per heavy atom. The number of hydrogen-bond acceptors (Lipinski definition) is 0. The molecule has 0 heterocycles. The van der Waals surface area contributed by atoms with Crippen molar-refractivity contribution in [1.29, 1.82) is 0 Å². The summed E-state index contributed by atoms with van der Waals surface area (Å²) in [6.45, 7) is 16.0. The van der Waals surface area contributed by atoms with Crippen LogP contribution in [0.15, 0.2) is 66.7 Å². The van der Waals surface area contributed by atoms with Crippen molar-refractivity contribution < 1.29 is 0 Å². The zero-order valence-corrected chi connectivity index (χ0v) is 18.6. The standard InChI is InChI=1S/C28H34/c1-20-15-25(27(4,5)6)18-26(16-20)28(7,19-23-11-9-8-10-12-23)24-14-13-21(2)22(3)17-24/h8-18H,19H2,1-7H3. The van der Waals surface area contributed by atoms with Crippen LogP contribution in [0.1, 0.15) is 66.6 Å². The molecular formula is C28H34. The summed E-state index contributed by atoms with van der Waals surface area (Å²) in [5.41, 5.74) is 9.70. The van der Waals surface area contributed by atoms with Crippen LogP contribution in [0.4, 0.5) is 0 Å². The van der Waals surface area contributed by atoms with Crippen LogP contribution < -0.4 is 0 Å². The summed E-state index contributed by atoms with van der Waals surface area (Å²) in [6, 6.07) is 25.0. The van der Waals surface area contributed by atoms with Gasteiger partial charge in [0.1, 0.15) is 0 Å². The van der Waals surface area contributed by atoms with Crippen molar-refractivity contribution in [2.45, 2.75) is 65.7 Å². The summed E-state index contributed by atoms with van der Waals surface area (Å²) in [5, 5.41) is 0. The predicted molar refractivity (Wildman–Crippen MR) is 122 cm³/mol. The van der Waals surface area contributed by atoms with E-state index in [2.05, 4.69) is 115 Å². The summed E-state index contributed by atoms with van der Waals surface area (Å²) >= 11 is 0. The van der Waals surface area contributed by atoms with E-state index in [9.17, 15) is 0 Å². The van der Waals surface area contributed by atoms with Gasteiger partial charge in [0.05, 0.1) is 0 Å². The average molecular weight is 371 g/mol. The SMILES string of the molecule is Cc1cc(C(C)(C)C)cc(C(C)(Cc2ccccc2)c2ccc(C)c(C)c2)c1. The van der Waals surface area contributed by atoms with Gasteiger partial charge in [-0.15, -0.1) is 0 Å². The van der Waals surface area contributed by atoms with Gasteiger partial charge in [0.25, 0.3) is 0 Å². The van der Waals surface area contributed by atoms with E-state index in [0.717, 1.165) is 6.42 Å². The first-order valence-electron chi connectivity index (χ1n) is 10.3. The largest absolute Gasteiger partial charge is 0.0622 e. The van der Waals surface area contributed by atoms with Crippen molar-refractivity contribution in [3.63, 3.8) is 0 Å². The van der Waals surface area contributed by atoms with Crippen LogP contribution in [0.25, 0.3) is 0 Å². The molecule has 0 amide bonds. The smallest absolute Gasteiger partial charge is 0.0215 e. The highest BCUT2D eigenvalue weighted by Crippen LogP contribution is 2.38. The zero-order chi connectivity index (χ0) is 20.5. The van der Waals surface area contributed by atoms with Gasteiger partial charge in [-0.25, -0.2) is 0 Å². The minimum Gasteiger partial charge on any atom is -0.0622 e. The highest BCUT2D eigenvalue weighted by atomic mass is 14.3. The third-order valence-electron chi connectivity index (χ3n) is 6.13. The van der Waals surface area contributed by atoms with Gasteiger partial charge in [0, 0.05) is 5.41 Å². The van der Waals surface area contributed by atoms with Crippen LogP contribution in [0.3, 0.4) is 0 Å². The van der Waals surface area contributed by atoms with Gasteiger partial charge in [-0.05, 0) is 66.0 Å². The van der Waals surface area contributed by atoms with Crippen molar-refractivity contribution >= 4 is 0 Å². The van der Waals surface area contributed by atoms with Gasteiger partial charge < -0.3 is 0 Å². The number of hydrogen-bond donors (Lipinski definition) is 0. The van der Waals surface area contributed by atoms with E-state index in [1.807, 2.05) is 0 Å². The molecule has 0 aliphatic rings. The molecule has 0 spiro atoms. The molecule has 0 saturated carbocycles. The highest BCUT2D eigenvalue weighted by molar-refractivity contribution is 5.47. The lowest BCUT2D eigenvalue weighted by Crippen LogP contribution is -2.28. The topological polar surface area (TPSA) is 0 Å². The van der Waals surface area contributed by atoms with E-state index in [0.29, 0.717) is 0 Å². The van der Waals surface area contributed by atoms with Crippen molar-refractivity contribution in [2.75, 3.05) is 0 Å². The molecule has 0 nitrogen and oxygen atoms in total. The summed E-state index contributed by atoms with van der Waals surface area (Å²) in [5.74, 6) is 0. The van der Waals surface area contributed by atoms with E-state index < -0.39 is 0 Å². The first-order valence-corrected chi connectivity index (χ1v) is 10.3. The molecule has 0 bridgehead atoms. The first-order chi connectivity index (χ1) is 13.1. The second-order valence-corrected chi connectivity index (χ2v) is 9.63. The molecule has 0 aliphatic carbocycles. The van der Waals surface area contributed by atoms with Crippen LogP contribution in [0, 0.1) is 20.8 Å². The molecule has 3 rings (SSSR count). The van der Waals surface area contributed by atoms with Crippen LogP contribution in [0.5, 0.6) is 0 Å². The zero-order valence-electron chi connectivity index (χ0n) is 18.6. The molecule has 0 aliphatic heterocycles. The van der Waals surface area contributed by atoms with Crippen LogP contribution >= 0.6 is 0 Å². The first kappa shape index (κ1) is 20.4. The van der Waals surface area contributed by atoms with Gasteiger partial charge in [-0.2, -0.15) is 0 Å². The molecule has 0 N–H and O–H groups in total. The lowest BCUT2D eigenvalue weighted by atomic mass is 9.70. The second-order valence-electron chi connectivity index (χ2n) is 9.63. The van der Waals surface area contributed by atoms with Crippen LogP contribution in [-0.4, -0.2) is 0 Å². The molecule has 0 fully saturated rings. The molecule has 1 atom stereocenters. The Balaban J connectivity index is 2.21. The van der Waals surface area contributed by atoms with Gasteiger partial charge in [-0.3, -0.25) is 0 Å². The minimum absolute atomic E-state index is 0.0775. The summed E-state index contributed by atoms with van der Waals surface area (Å²) in [7, 11) is 0. The maximum absolute atomic E-state index is 2.44. The number of aryl methyl sites for hydroxylation is 3. The lowest BCUT2D eigenvalue weighted by molar-refractivity contribution is 0.554. The maximum atomic E-state index is 2.44. The Labute approximate surface area is 171 Å². The van der Waals surface area contributed by atoms with E-state index in [-0.39, 0.29) is 10.8 Å². The van der Waals surface area contributed by atoms with E-state index >= 15 is 0 Å². The molecule has 146 valence electrons. The lowest BCUT2D eigenvalue weighted by Gasteiger charge is -2.34. The Morgan fingerprint density at radius 3 is 1.86 bits per heavy atom. The fraction of sp³-hybridized carbons (Fsp3) is 0.357. The van der Waals surface area contributed by atoms with Crippen molar-refractivity contribution in [2.24, 2.45) is 0 Å². The van der Waals surface area contributed by atoms with E-state index in [1.165, 1.54) is 38.9 Å². The van der Waals surface area contributed by atoms with Gasteiger partial charge in [0.15, 0.2) is 0 Å². The number of benzene rings is 3. The van der Waals surface area contributed by atoms with Gasteiger partial charge in [-0.1, -0.05) is 100.0 Å². The average Bonchev–Trinajstić information content (AvgIpc) is 2.63. The summed E-state index contributed by atoms with van der Waals surface area (Å²) in [6.07, 6.45) is 0.989. The molecular weight excluding hydrogens is 336 g/mol. The van der Waals surface area contributed by atoms with Crippen LogP contribution in [-0.2, 0) is 17.3 Å². The fourth-order valence-electron chi connectivity index (χ4n) is 3.99. The Hall–Kier alpha value is -2.34. The summed E-state index contributed by atoms with van der Waals surface area (Å²) < 4.78 is 0. The molecule has 0 saturated heterocycles. The third-order valence-corrected chi connectivity index (χ3v) is 6.13. The quantitative estimate of drug-likeness (QED) is 0.447. The molecule has 0 aromatic heterocycles. The van der Waals surface area contributed by atoms with E-state index in [4.69, 9.17) is 0 Å². The minimum atomic E-state index is -0.0775. The molecule has 28 heavy (non-hydrogen) atoms. The van der Waals surface area contributed by atoms with Gasteiger partial charge >= 0.3 is 0 Å². The predicted octanol–water partition coefficient (Wildman–Crippen LogP) is 7.46. The Morgan fingerprint density at radius 1 is 0.607 bits per heavy atom. The normalized spacial score (nSPS) is 14.0. The Bertz CT molecular complexity index is 957. The monoisotopic (exact) mass is 370 g/mol. The fourth-order valence-corrected chi connectivity index (χ4v) is 3.99. The maximum Gasteiger partial charge on any atom is 0.0215 e. The number of rotatable bonds is 4. The van der Waals surface area contributed by atoms with Crippen molar-refractivity contribution in [3.8, 4) is 0 Å². The third kappa shape index (κ3) is 4.22. The molecule has 3 aromatic carbocycles. The Kier molecular flexibility index (Phi) is 5.53. The highest BCUT2D eigenvalue weighted by Gasteiger charge is 2.31. The molecule has 0 heteroatoms. The van der Waals surface area contributed by atoms with E-state index in [1.54, 1.807) is 0 Å². The summed E-state index contributed by atoms with van der Waals surface area (Å²) in [4.78, 5) is 0. The van der Waals surface area contributed by atoms with Crippen molar-refractivity contribution in [3.05, 3.63) is 106 Å².